The Morgan fingerprint density at radius 2 is 1.83 bits per heavy atom. The third-order valence-corrected chi connectivity index (χ3v) is 4.95. The minimum absolute atomic E-state index is 0.0604. The predicted octanol–water partition coefficient (Wildman–Crippen LogP) is 2.83. The molecule has 6 nitrogen and oxygen atoms in total. The highest BCUT2D eigenvalue weighted by atomic mass is 32.2. The van der Waals surface area contributed by atoms with E-state index in [0.29, 0.717) is 5.89 Å². The highest BCUT2D eigenvalue weighted by Gasteiger charge is 2.16. The second-order valence-electron chi connectivity index (χ2n) is 5.46. The van der Waals surface area contributed by atoms with Crippen molar-refractivity contribution in [2.45, 2.75) is 25.3 Å². The van der Waals surface area contributed by atoms with Crippen molar-refractivity contribution in [1.29, 1.82) is 0 Å². The Bertz CT molecular complexity index is 964. The molecule has 0 unspecified atom stereocenters. The van der Waals surface area contributed by atoms with Gasteiger partial charge in [-0.1, -0.05) is 30.3 Å². The maximum atomic E-state index is 12.3. The van der Waals surface area contributed by atoms with Crippen LogP contribution in [-0.2, 0) is 16.6 Å². The molecule has 0 radical (unpaired) electrons. The summed E-state index contributed by atoms with van der Waals surface area (Å²) >= 11 is 0. The van der Waals surface area contributed by atoms with Crippen molar-refractivity contribution < 1.29 is 12.8 Å². The van der Waals surface area contributed by atoms with Crippen LogP contribution >= 0.6 is 0 Å². The molecule has 0 saturated carbocycles. The van der Waals surface area contributed by atoms with Crippen molar-refractivity contribution in [3.63, 3.8) is 0 Å². The van der Waals surface area contributed by atoms with Crippen molar-refractivity contribution in [3.8, 4) is 11.5 Å². The molecule has 2 aromatic carbocycles. The van der Waals surface area contributed by atoms with Crippen LogP contribution in [0.4, 0.5) is 0 Å². The van der Waals surface area contributed by atoms with Crippen LogP contribution in [0.5, 0.6) is 0 Å². The first-order chi connectivity index (χ1) is 11.5. The van der Waals surface area contributed by atoms with E-state index in [-0.39, 0.29) is 17.3 Å². The molecule has 1 aromatic heterocycles. The van der Waals surface area contributed by atoms with Crippen molar-refractivity contribution in [3.05, 3.63) is 65.5 Å². The van der Waals surface area contributed by atoms with Gasteiger partial charge in [-0.15, -0.1) is 10.2 Å². The number of rotatable bonds is 5. The maximum Gasteiger partial charge on any atom is 0.248 e. The Morgan fingerprint density at radius 1 is 1.04 bits per heavy atom. The SMILES string of the molecule is Cc1cccc(S(=O)(=O)NCc2nnc(-c3ccccc3C)o2)c1. The average molecular weight is 343 g/mol. The van der Waals surface area contributed by atoms with E-state index in [1.165, 1.54) is 0 Å². The zero-order valence-corrected chi connectivity index (χ0v) is 14.2. The number of hydrogen-bond donors (Lipinski definition) is 1. The van der Waals surface area contributed by atoms with Crippen LogP contribution in [0.1, 0.15) is 17.0 Å². The van der Waals surface area contributed by atoms with E-state index < -0.39 is 10.0 Å². The Labute approximate surface area is 140 Å². The standard InChI is InChI=1S/C17H17N3O3S/c1-12-6-5-8-14(10-12)24(21,22)18-11-16-19-20-17(23-16)15-9-4-3-7-13(15)2/h3-10,18H,11H2,1-2H3. The lowest BCUT2D eigenvalue weighted by molar-refractivity contribution is 0.494. The van der Waals surface area contributed by atoms with Crippen LogP contribution in [0.15, 0.2) is 57.8 Å². The van der Waals surface area contributed by atoms with E-state index in [4.69, 9.17) is 4.42 Å². The zero-order chi connectivity index (χ0) is 17.2. The quantitative estimate of drug-likeness (QED) is 0.770. The highest BCUT2D eigenvalue weighted by Crippen LogP contribution is 2.21. The average Bonchev–Trinajstić information content (AvgIpc) is 3.02. The number of hydrogen-bond acceptors (Lipinski definition) is 5. The molecule has 124 valence electrons. The lowest BCUT2D eigenvalue weighted by Crippen LogP contribution is -2.23. The second kappa shape index (κ2) is 6.54. The van der Waals surface area contributed by atoms with Crippen LogP contribution in [0.25, 0.3) is 11.5 Å². The fourth-order valence-corrected chi connectivity index (χ4v) is 3.35. The van der Waals surface area contributed by atoms with E-state index in [9.17, 15) is 8.42 Å². The van der Waals surface area contributed by atoms with Gasteiger partial charge in [-0.25, -0.2) is 13.1 Å². The van der Waals surface area contributed by atoms with Gasteiger partial charge in [0.2, 0.25) is 21.8 Å². The molecule has 0 aliphatic carbocycles. The molecule has 0 spiro atoms. The molecule has 0 atom stereocenters. The van der Waals surface area contributed by atoms with Crippen LogP contribution in [0, 0.1) is 13.8 Å². The first-order valence-electron chi connectivity index (χ1n) is 7.40. The van der Waals surface area contributed by atoms with Crippen molar-refractivity contribution in [2.75, 3.05) is 0 Å². The second-order valence-corrected chi connectivity index (χ2v) is 7.22. The Balaban J connectivity index is 1.75. The Hall–Kier alpha value is -2.51. The molecule has 1 heterocycles. The summed E-state index contributed by atoms with van der Waals surface area (Å²) in [5, 5.41) is 7.89. The van der Waals surface area contributed by atoms with Crippen LogP contribution < -0.4 is 4.72 Å². The van der Waals surface area contributed by atoms with Crippen LogP contribution in [-0.4, -0.2) is 18.6 Å². The lowest BCUT2D eigenvalue weighted by Gasteiger charge is -2.05. The summed E-state index contributed by atoms with van der Waals surface area (Å²) in [6, 6.07) is 14.3. The Morgan fingerprint density at radius 3 is 2.58 bits per heavy atom. The Kier molecular flexibility index (Phi) is 4.46. The number of aryl methyl sites for hydroxylation is 2. The summed E-state index contributed by atoms with van der Waals surface area (Å²) in [4.78, 5) is 0.209. The fourth-order valence-electron chi connectivity index (χ4n) is 2.27. The number of nitrogens with one attached hydrogen (secondary N) is 1. The monoisotopic (exact) mass is 343 g/mol. The molecule has 0 amide bonds. The van der Waals surface area contributed by atoms with Gasteiger partial charge in [0.05, 0.1) is 11.4 Å². The third-order valence-electron chi connectivity index (χ3n) is 3.56. The van der Waals surface area contributed by atoms with Gasteiger partial charge in [0.25, 0.3) is 0 Å². The molecule has 24 heavy (non-hydrogen) atoms. The lowest BCUT2D eigenvalue weighted by atomic mass is 10.1. The number of nitrogens with zero attached hydrogens (tertiary/aromatic N) is 2. The topological polar surface area (TPSA) is 85.1 Å². The van der Waals surface area contributed by atoms with Crippen LogP contribution in [0.3, 0.4) is 0 Å². The smallest absolute Gasteiger partial charge is 0.248 e. The fraction of sp³-hybridized carbons (Fsp3) is 0.176. The maximum absolute atomic E-state index is 12.3. The van der Waals surface area contributed by atoms with Gasteiger partial charge in [-0.2, -0.15) is 0 Å². The summed E-state index contributed by atoms with van der Waals surface area (Å²) in [5.74, 6) is 0.585. The van der Waals surface area contributed by atoms with Gasteiger partial charge in [0.15, 0.2) is 0 Å². The van der Waals surface area contributed by atoms with E-state index in [2.05, 4.69) is 14.9 Å². The van der Waals surface area contributed by atoms with Gasteiger partial charge in [0.1, 0.15) is 0 Å². The molecular formula is C17H17N3O3S. The van der Waals surface area contributed by atoms with Gasteiger partial charge in [0, 0.05) is 5.56 Å². The summed E-state index contributed by atoms with van der Waals surface area (Å²) in [7, 11) is -3.62. The zero-order valence-electron chi connectivity index (χ0n) is 13.4. The van der Waals surface area contributed by atoms with Crippen molar-refractivity contribution in [2.24, 2.45) is 0 Å². The molecule has 3 aromatic rings. The van der Waals surface area contributed by atoms with E-state index in [0.717, 1.165) is 16.7 Å². The number of aromatic nitrogens is 2. The molecule has 0 aliphatic rings. The molecule has 0 saturated heterocycles. The molecule has 3 rings (SSSR count). The number of sulfonamides is 1. The third kappa shape index (κ3) is 3.52. The van der Waals surface area contributed by atoms with Crippen molar-refractivity contribution in [1.82, 2.24) is 14.9 Å². The van der Waals surface area contributed by atoms with Gasteiger partial charge in [-0.3, -0.25) is 0 Å². The molecule has 0 bridgehead atoms. The summed E-state index contributed by atoms with van der Waals surface area (Å²) < 4.78 is 32.6. The molecule has 0 aliphatic heterocycles. The van der Waals surface area contributed by atoms with E-state index >= 15 is 0 Å². The molecule has 0 fully saturated rings. The van der Waals surface area contributed by atoms with E-state index in [1.54, 1.807) is 18.2 Å². The minimum Gasteiger partial charge on any atom is -0.419 e. The van der Waals surface area contributed by atoms with Crippen LogP contribution in [0.2, 0.25) is 0 Å². The molecular weight excluding hydrogens is 326 g/mol. The molecule has 1 N–H and O–H groups in total. The van der Waals surface area contributed by atoms with Crippen molar-refractivity contribution >= 4 is 10.0 Å². The summed E-state index contributed by atoms with van der Waals surface area (Å²) in [5.41, 5.74) is 2.71. The van der Waals surface area contributed by atoms with Gasteiger partial charge in [-0.05, 0) is 43.2 Å². The summed E-state index contributed by atoms with van der Waals surface area (Å²) in [6.07, 6.45) is 0. The summed E-state index contributed by atoms with van der Waals surface area (Å²) in [6.45, 7) is 3.72. The first kappa shape index (κ1) is 16.4. The first-order valence-corrected chi connectivity index (χ1v) is 8.89. The number of benzene rings is 2. The van der Waals surface area contributed by atoms with Gasteiger partial charge >= 0.3 is 0 Å². The highest BCUT2D eigenvalue weighted by molar-refractivity contribution is 7.89. The largest absolute Gasteiger partial charge is 0.419 e. The minimum atomic E-state index is -3.62. The predicted molar refractivity (Wildman–Crippen MR) is 89.7 cm³/mol. The normalized spacial score (nSPS) is 11.6. The van der Waals surface area contributed by atoms with E-state index in [1.807, 2.05) is 44.2 Å². The molecule has 7 heteroatoms. The van der Waals surface area contributed by atoms with Gasteiger partial charge < -0.3 is 4.42 Å².